The van der Waals surface area contributed by atoms with Crippen LogP contribution < -0.4 is 10.2 Å². The molecule has 0 aliphatic carbocycles. The predicted octanol–water partition coefficient (Wildman–Crippen LogP) is 3.25. The lowest BCUT2D eigenvalue weighted by Crippen LogP contribution is -2.07. The second-order valence-corrected chi connectivity index (χ2v) is 4.64. The molecule has 2 heterocycles. The van der Waals surface area contributed by atoms with Gasteiger partial charge in [0.1, 0.15) is 10.9 Å². The molecule has 0 aliphatic heterocycles. The molecule has 0 aliphatic rings. The number of rotatable bonds is 2. The van der Waals surface area contributed by atoms with Crippen molar-refractivity contribution in [2.75, 3.05) is 7.11 Å². The van der Waals surface area contributed by atoms with Gasteiger partial charge in [-0.1, -0.05) is 23.7 Å². The SMILES string of the molecule is COc1ccc(-c2c[nH]c3ccnc(Cl)c3c2=O)cc1. The number of fused-ring (bicyclic) bond motifs is 1. The van der Waals surface area contributed by atoms with E-state index in [9.17, 15) is 4.79 Å². The van der Waals surface area contributed by atoms with Crippen LogP contribution in [0.5, 0.6) is 5.75 Å². The topological polar surface area (TPSA) is 55.0 Å². The third-order valence-electron chi connectivity index (χ3n) is 3.15. The molecule has 5 heteroatoms. The van der Waals surface area contributed by atoms with Crippen LogP contribution >= 0.6 is 11.6 Å². The Labute approximate surface area is 120 Å². The highest BCUT2D eigenvalue weighted by Gasteiger charge is 2.10. The number of aromatic amines is 1. The molecule has 0 spiro atoms. The van der Waals surface area contributed by atoms with E-state index in [0.29, 0.717) is 16.5 Å². The van der Waals surface area contributed by atoms with E-state index >= 15 is 0 Å². The lowest BCUT2D eigenvalue weighted by molar-refractivity contribution is 0.415. The zero-order chi connectivity index (χ0) is 14.1. The van der Waals surface area contributed by atoms with Crippen LogP contribution in [0, 0.1) is 0 Å². The van der Waals surface area contributed by atoms with E-state index in [-0.39, 0.29) is 10.6 Å². The molecule has 0 bridgehead atoms. The number of ether oxygens (including phenoxy) is 1. The third kappa shape index (κ3) is 2.04. The van der Waals surface area contributed by atoms with Crippen LogP contribution in [0.2, 0.25) is 5.15 Å². The summed E-state index contributed by atoms with van der Waals surface area (Å²) in [6, 6.07) is 9.01. The van der Waals surface area contributed by atoms with Crippen LogP contribution in [0.3, 0.4) is 0 Å². The molecule has 3 rings (SSSR count). The number of nitrogens with zero attached hydrogens (tertiary/aromatic N) is 1. The standard InChI is InChI=1S/C15H11ClN2O2/c1-20-10-4-2-9(3-5-10)11-8-18-12-6-7-17-15(16)13(12)14(11)19/h2-8H,1H3,(H,18,19). The van der Waals surface area contributed by atoms with Crippen molar-refractivity contribution in [1.82, 2.24) is 9.97 Å². The molecule has 0 saturated carbocycles. The van der Waals surface area contributed by atoms with Crippen molar-refractivity contribution in [3.05, 3.63) is 58.1 Å². The quantitative estimate of drug-likeness (QED) is 0.736. The normalized spacial score (nSPS) is 10.7. The maximum atomic E-state index is 12.5. The van der Waals surface area contributed by atoms with Crippen molar-refractivity contribution in [1.29, 1.82) is 0 Å². The largest absolute Gasteiger partial charge is 0.497 e. The molecule has 0 saturated heterocycles. The zero-order valence-corrected chi connectivity index (χ0v) is 11.4. The highest BCUT2D eigenvalue weighted by atomic mass is 35.5. The van der Waals surface area contributed by atoms with Gasteiger partial charge in [0.15, 0.2) is 5.43 Å². The van der Waals surface area contributed by atoms with Gasteiger partial charge in [-0.2, -0.15) is 0 Å². The van der Waals surface area contributed by atoms with E-state index in [1.807, 2.05) is 24.3 Å². The Kier molecular flexibility index (Phi) is 3.16. The van der Waals surface area contributed by atoms with Crippen molar-refractivity contribution in [2.24, 2.45) is 0 Å². The summed E-state index contributed by atoms with van der Waals surface area (Å²) in [5.41, 5.74) is 1.89. The van der Waals surface area contributed by atoms with Crippen molar-refractivity contribution < 1.29 is 4.74 Å². The van der Waals surface area contributed by atoms with Gasteiger partial charge in [-0.3, -0.25) is 4.79 Å². The lowest BCUT2D eigenvalue weighted by Gasteiger charge is -2.05. The second-order valence-electron chi connectivity index (χ2n) is 4.28. The number of nitrogens with one attached hydrogen (secondary N) is 1. The first kappa shape index (κ1) is 12.7. The van der Waals surface area contributed by atoms with Crippen LogP contribution in [-0.2, 0) is 0 Å². The number of halogens is 1. The maximum absolute atomic E-state index is 12.5. The minimum absolute atomic E-state index is 0.137. The van der Waals surface area contributed by atoms with Crippen LogP contribution in [-0.4, -0.2) is 17.1 Å². The maximum Gasteiger partial charge on any atom is 0.200 e. The molecule has 0 radical (unpaired) electrons. The monoisotopic (exact) mass is 286 g/mol. The number of H-pyrrole nitrogens is 1. The minimum Gasteiger partial charge on any atom is -0.497 e. The summed E-state index contributed by atoms with van der Waals surface area (Å²) in [5.74, 6) is 0.741. The zero-order valence-electron chi connectivity index (χ0n) is 10.7. The van der Waals surface area contributed by atoms with Crippen LogP contribution in [0.4, 0.5) is 0 Å². The second kappa shape index (κ2) is 4.98. The lowest BCUT2D eigenvalue weighted by atomic mass is 10.1. The number of hydrogen-bond donors (Lipinski definition) is 1. The average molecular weight is 287 g/mol. The van der Waals surface area contributed by atoms with Crippen LogP contribution in [0.1, 0.15) is 0 Å². The van der Waals surface area contributed by atoms with E-state index < -0.39 is 0 Å². The van der Waals surface area contributed by atoms with E-state index in [1.54, 1.807) is 25.6 Å². The van der Waals surface area contributed by atoms with Crippen LogP contribution in [0.15, 0.2) is 47.5 Å². The molecular formula is C15H11ClN2O2. The van der Waals surface area contributed by atoms with Crippen LogP contribution in [0.25, 0.3) is 22.0 Å². The van der Waals surface area contributed by atoms with Crippen molar-refractivity contribution in [3.8, 4) is 16.9 Å². The van der Waals surface area contributed by atoms with E-state index in [4.69, 9.17) is 16.3 Å². The van der Waals surface area contributed by atoms with Gasteiger partial charge in [0.05, 0.1) is 18.0 Å². The number of aromatic nitrogens is 2. The van der Waals surface area contributed by atoms with Crippen molar-refractivity contribution in [3.63, 3.8) is 0 Å². The summed E-state index contributed by atoms with van der Waals surface area (Å²) in [6.07, 6.45) is 3.25. The molecular weight excluding hydrogens is 276 g/mol. The van der Waals surface area contributed by atoms with Crippen molar-refractivity contribution in [2.45, 2.75) is 0 Å². The first-order valence-corrected chi connectivity index (χ1v) is 6.39. The van der Waals surface area contributed by atoms with Gasteiger partial charge in [0, 0.05) is 18.0 Å². The summed E-state index contributed by atoms with van der Waals surface area (Å²) in [5, 5.41) is 0.613. The average Bonchev–Trinajstić information content (AvgIpc) is 2.48. The number of pyridine rings is 2. The molecule has 100 valence electrons. The summed E-state index contributed by atoms with van der Waals surface area (Å²) in [4.78, 5) is 19.6. The predicted molar refractivity (Wildman–Crippen MR) is 79.4 cm³/mol. The molecule has 0 atom stereocenters. The molecule has 0 amide bonds. The molecule has 4 nitrogen and oxygen atoms in total. The number of benzene rings is 1. The van der Waals surface area contributed by atoms with Crippen molar-refractivity contribution >= 4 is 22.5 Å². The summed E-state index contributed by atoms with van der Waals surface area (Å²) < 4.78 is 5.11. The van der Waals surface area contributed by atoms with Gasteiger partial charge in [-0.15, -0.1) is 0 Å². The van der Waals surface area contributed by atoms with E-state index in [1.165, 1.54) is 0 Å². The Morgan fingerprint density at radius 2 is 1.95 bits per heavy atom. The summed E-state index contributed by atoms with van der Waals surface area (Å²) in [6.45, 7) is 0. The van der Waals surface area contributed by atoms with E-state index in [0.717, 1.165) is 11.3 Å². The highest BCUT2D eigenvalue weighted by molar-refractivity contribution is 6.34. The molecule has 3 aromatic rings. The fraction of sp³-hybridized carbons (Fsp3) is 0.0667. The Balaban J connectivity index is 2.24. The molecule has 20 heavy (non-hydrogen) atoms. The number of hydrogen-bond acceptors (Lipinski definition) is 3. The Hall–Kier alpha value is -2.33. The Morgan fingerprint density at radius 3 is 2.65 bits per heavy atom. The van der Waals surface area contributed by atoms with Gasteiger partial charge in [-0.25, -0.2) is 4.98 Å². The molecule has 0 unspecified atom stereocenters. The molecule has 0 fully saturated rings. The third-order valence-corrected chi connectivity index (χ3v) is 3.44. The minimum atomic E-state index is -0.137. The summed E-state index contributed by atoms with van der Waals surface area (Å²) >= 11 is 6.02. The number of methoxy groups -OCH3 is 1. The molecule has 2 aromatic heterocycles. The van der Waals surface area contributed by atoms with Gasteiger partial charge >= 0.3 is 0 Å². The fourth-order valence-electron chi connectivity index (χ4n) is 2.11. The van der Waals surface area contributed by atoms with E-state index in [2.05, 4.69) is 9.97 Å². The fourth-order valence-corrected chi connectivity index (χ4v) is 2.35. The van der Waals surface area contributed by atoms with Gasteiger partial charge in [-0.05, 0) is 23.8 Å². The Morgan fingerprint density at radius 1 is 1.20 bits per heavy atom. The van der Waals surface area contributed by atoms with Gasteiger partial charge in [0.25, 0.3) is 0 Å². The highest BCUT2D eigenvalue weighted by Crippen LogP contribution is 2.22. The molecule has 1 aromatic carbocycles. The first-order chi connectivity index (χ1) is 9.70. The Bertz CT molecular complexity index is 825. The first-order valence-electron chi connectivity index (χ1n) is 6.01. The smallest absolute Gasteiger partial charge is 0.200 e. The van der Waals surface area contributed by atoms with Gasteiger partial charge in [0.2, 0.25) is 0 Å². The van der Waals surface area contributed by atoms with Gasteiger partial charge < -0.3 is 9.72 Å². The molecule has 1 N–H and O–H groups in total. The summed E-state index contributed by atoms with van der Waals surface area (Å²) in [7, 11) is 1.60.